The van der Waals surface area contributed by atoms with Gasteiger partial charge in [-0.1, -0.05) is 58.4 Å². The highest BCUT2D eigenvalue weighted by Gasteiger charge is 2.12. The Morgan fingerprint density at radius 2 is 1.76 bits per heavy atom. The minimum absolute atomic E-state index is 0.479. The molecule has 0 aromatic heterocycles. The van der Waals surface area contributed by atoms with Gasteiger partial charge in [-0.15, -0.1) is 0 Å². The van der Waals surface area contributed by atoms with Crippen LogP contribution >= 0.6 is 0 Å². The van der Waals surface area contributed by atoms with E-state index in [0.717, 1.165) is 12.3 Å². The first-order valence-electron chi connectivity index (χ1n) is 8.60. The van der Waals surface area contributed by atoms with Crippen LogP contribution in [0.4, 0.5) is 0 Å². The Morgan fingerprint density at radius 1 is 1.05 bits per heavy atom. The summed E-state index contributed by atoms with van der Waals surface area (Å²) in [7, 11) is 1.73. The third-order valence-electron chi connectivity index (χ3n) is 4.15. The molecule has 2 heteroatoms. The van der Waals surface area contributed by atoms with Gasteiger partial charge in [-0.05, 0) is 43.1 Å². The summed E-state index contributed by atoms with van der Waals surface area (Å²) in [6.07, 6.45) is 9.38. The molecule has 0 spiro atoms. The van der Waals surface area contributed by atoms with Crippen LogP contribution in [0.1, 0.15) is 76.0 Å². The highest BCUT2D eigenvalue weighted by molar-refractivity contribution is 5.36. The molecule has 0 saturated heterocycles. The summed E-state index contributed by atoms with van der Waals surface area (Å²) in [5.74, 6) is 0.950. The molecule has 120 valence electrons. The van der Waals surface area contributed by atoms with Crippen LogP contribution in [0.15, 0.2) is 18.2 Å². The van der Waals surface area contributed by atoms with Crippen molar-refractivity contribution in [3.05, 3.63) is 29.3 Å². The molecule has 0 aliphatic rings. The number of hydrogen-bond acceptors (Lipinski definition) is 2. The number of unbranched alkanes of at least 4 members (excludes halogenated alkanes) is 5. The predicted molar refractivity (Wildman–Crippen MR) is 92.1 cm³/mol. The molecule has 0 aliphatic heterocycles. The molecule has 1 rings (SSSR count). The van der Waals surface area contributed by atoms with E-state index in [1.165, 1.54) is 56.1 Å². The highest BCUT2D eigenvalue weighted by Crippen LogP contribution is 2.26. The fraction of sp³-hybridized carbons (Fsp3) is 0.684. The molecule has 0 bridgehead atoms. The van der Waals surface area contributed by atoms with Crippen LogP contribution in [0.2, 0.25) is 0 Å². The average molecular weight is 291 g/mol. The molecule has 0 aliphatic carbocycles. The molecular weight excluding hydrogens is 258 g/mol. The van der Waals surface area contributed by atoms with E-state index in [0.29, 0.717) is 6.04 Å². The summed E-state index contributed by atoms with van der Waals surface area (Å²) in [5.41, 5.74) is 2.75. The fourth-order valence-electron chi connectivity index (χ4n) is 2.91. The van der Waals surface area contributed by atoms with E-state index < -0.39 is 0 Å². The van der Waals surface area contributed by atoms with Crippen molar-refractivity contribution in [1.82, 2.24) is 5.32 Å². The molecule has 0 saturated carbocycles. The Kier molecular flexibility index (Phi) is 9.16. The summed E-state index contributed by atoms with van der Waals surface area (Å²) in [6.45, 7) is 7.66. The van der Waals surface area contributed by atoms with E-state index in [2.05, 4.69) is 44.3 Å². The average Bonchev–Trinajstić information content (AvgIpc) is 2.49. The maximum Gasteiger partial charge on any atom is 0.119 e. The summed E-state index contributed by atoms with van der Waals surface area (Å²) >= 11 is 0. The molecule has 0 radical (unpaired) electrons. The minimum atomic E-state index is 0.479. The zero-order valence-corrected chi connectivity index (χ0v) is 14.4. The summed E-state index contributed by atoms with van der Waals surface area (Å²) in [6, 6.07) is 6.92. The van der Waals surface area contributed by atoms with E-state index in [-0.39, 0.29) is 0 Å². The standard InChI is InChI=1S/C19H33NO/c1-5-7-8-9-10-11-12-19(20-6-2)18-14-13-17(21-4)15-16(18)3/h13-15,19-20H,5-12H2,1-4H3. The van der Waals surface area contributed by atoms with Gasteiger partial charge in [0.1, 0.15) is 5.75 Å². The topological polar surface area (TPSA) is 21.3 Å². The van der Waals surface area contributed by atoms with Gasteiger partial charge in [0.2, 0.25) is 0 Å². The van der Waals surface area contributed by atoms with Gasteiger partial charge in [-0.25, -0.2) is 0 Å². The molecule has 0 fully saturated rings. The van der Waals surface area contributed by atoms with Gasteiger partial charge >= 0.3 is 0 Å². The molecule has 21 heavy (non-hydrogen) atoms. The first kappa shape index (κ1) is 18.0. The third-order valence-corrected chi connectivity index (χ3v) is 4.15. The lowest BCUT2D eigenvalue weighted by atomic mass is 9.95. The number of methoxy groups -OCH3 is 1. The van der Waals surface area contributed by atoms with Crippen LogP contribution in [0.5, 0.6) is 5.75 Å². The fourth-order valence-corrected chi connectivity index (χ4v) is 2.91. The van der Waals surface area contributed by atoms with Gasteiger partial charge in [-0.3, -0.25) is 0 Å². The van der Waals surface area contributed by atoms with Crippen LogP contribution < -0.4 is 10.1 Å². The van der Waals surface area contributed by atoms with Crippen molar-refractivity contribution < 1.29 is 4.74 Å². The molecule has 2 nitrogen and oxygen atoms in total. The molecule has 1 atom stereocenters. The van der Waals surface area contributed by atoms with Crippen molar-refractivity contribution in [2.75, 3.05) is 13.7 Å². The Labute approximate surface area is 131 Å². The van der Waals surface area contributed by atoms with E-state index in [4.69, 9.17) is 4.74 Å². The number of nitrogens with one attached hydrogen (secondary N) is 1. The van der Waals surface area contributed by atoms with E-state index in [1.54, 1.807) is 7.11 Å². The molecule has 1 unspecified atom stereocenters. The van der Waals surface area contributed by atoms with Crippen LogP contribution in [0, 0.1) is 6.92 Å². The second-order valence-electron chi connectivity index (χ2n) is 5.89. The Balaban J connectivity index is 2.52. The van der Waals surface area contributed by atoms with Crippen molar-refractivity contribution in [2.45, 2.75) is 71.8 Å². The SMILES string of the molecule is CCCCCCCCC(NCC)c1ccc(OC)cc1C. The van der Waals surface area contributed by atoms with Gasteiger partial charge in [0.05, 0.1) is 7.11 Å². The van der Waals surface area contributed by atoms with Crippen molar-refractivity contribution >= 4 is 0 Å². The molecule has 1 aromatic rings. The lowest BCUT2D eigenvalue weighted by molar-refractivity contribution is 0.413. The van der Waals surface area contributed by atoms with Crippen molar-refractivity contribution in [1.29, 1.82) is 0 Å². The van der Waals surface area contributed by atoms with Crippen molar-refractivity contribution in [3.63, 3.8) is 0 Å². The van der Waals surface area contributed by atoms with Crippen molar-refractivity contribution in [2.24, 2.45) is 0 Å². The monoisotopic (exact) mass is 291 g/mol. The van der Waals surface area contributed by atoms with Crippen LogP contribution in [0.3, 0.4) is 0 Å². The van der Waals surface area contributed by atoms with E-state index in [9.17, 15) is 0 Å². The largest absolute Gasteiger partial charge is 0.497 e. The normalized spacial score (nSPS) is 12.4. The predicted octanol–water partition coefficient (Wildman–Crippen LogP) is 5.40. The van der Waals surface area contributed by atoms with Crippen LogP contribution in [0.25, 0.3) is 0 Å². The summed E-state index contributed by atoms with van der Waals surface area (Å²) in [4.78, 5) is 0. The Bertz CT molecular complexity index is 389. The maximum atomic E-state index is 5.31. The van der Waals surface area contributed by atoms with Gasteiger partial charge in [-0.2, -0.15) is 0 Å². The summed E-state index contributed by atoms with van der Waals surface area (Å²) in [5, 5.41) is 3.64. The Morgan fingerprint density at radius 3 is 2.38 bits per heavy atom. The quantitative estimate of drug-likeness (QED) is 0.551. The zero-order valence-electron chi connectivity index (χ0n) is 14.4. The second-order valence-corrected chi connectivity index (χ2v) is 5.89. The molecule has 1 N–H and O–H groups in total. The number of aryl methyl sites for hydroxylation is 1. The Hall–Kier alpha value is -1.02. The minimum Gasteiger partial charge on any atom is -0.497 e. The van der Waals surface area contributed by atoms with Crippen molar-refractivity contribution in [3.8, 4) is 5.75 Å². The molecule has 1 aromatic carbocycles. The number of hydrogen-bond donors (Lipinski definition) is 1. The second kappa shape index (κ2) is 10.7. The van der Waals surface area contributed by atoms with E-state index in [1.807, 2.05) is 0 Å². The molecular formula is C19H33NO. The lowest BCUT2D eigenvalue weighted by Crippen LogP contribution is -2.21. The molecule has 0 heterocycles. The lowest BCUT2D eigenvalue weighted by Gasteiger charge is -2.21. The summed E-state index contributed by atoms with van der Waals surface area (Å²) < 4.78 is 5.31. The molecule has 0 amide bonds. The van der Waals surface area contributed by atoms with Gasteiger partial charge in [0.25, 0.3) is 0 Å². The number of rotatable bonds is 11. The zero-order chi connectivity index (χ0) is 15.5. The van der Waals surface area contributed by atoms with Crippen LogP contribution in [-0.2, 0) is 0 Å². The first-order chi connectivity index (χ1) is 10.2. The smallest absolute Gasteiger partial charge is 0.119 e. The number of ether oxygens (including phenoxy) is 1. The van der Waals surface area contributed by atoms with E-state index >= 15 is 0 Å². The van der Waals surface area contributed by atoms with Crippen LogP contribution in [-0.4, -0.2) is 13.7 Å². The van der Waals surface area contributed by atoms with Gasteiger partial charge < -0.3 is 10.1 Å². The highest BCUT2D eigenvalue weighted by atomic mass is 16.5. The number of benzene rings is 1. The third kappa shape index (κ3) is 6.52. The maximum absolute atomic E-state index is 5.31. The van der Waals surface area contributed by atoms with Gasteiger partial charge in [0.15, 0.2) is 0 Å². The van der Waals surface area contributed by atoms with Gasteiger partial charge in [0, 0.05) is 6.04 Å². The first-order valence-corrected chi connectivity index (χ1v) is 8.60.